The van der Waals surface area contributed by atoms with Crippen LogP contribution in [0.15, 0.2) is 0 Å². The lowest BCUT2D eigenvalue weighted by Crippen LogP contribution is -2.58. The van der Waals surface area contributed by atoms with Crippen LogP contribution >= 0.6 is 0 Å². The number of carboxylic acid groups (broad SMARTS) is 1. The van der Waals surface area contributed by atoms with Gasteiger partial charge >= 0.3 is 12.0 Å². The summed E-state index contributed by atoms with van der Waals surface area (Å²) >= 11 is 0. The molecule has 118 valence electrons. The second kappa shape index (κ2) is 5.85. The van der Waals surface area contributed by atoms with Gasteiger partial charge in [-0.2, -0.15) is 0 Å². The van der Waals surface area contributed by atoms with E-state index in [2.05, 4.69) is 10.6 Å². The molecule has 0 spiro atoms. The number of aliphatic carboxylic acids is 1. The highest BCUT2D eigenvalue weighted by molar-refractivity contribution is 5.86. The van der Waals surface area contributed by atoms with Crippen molar-refractivity contribution in [3.05, 3.63) is 0 Å². The lowest BCUT2D eigenvalue weighted by Gasteiger charge is -2.30. The molecule has 2 amide bonds. The first-order valence-electron chi connectivity index (χ1n) is 8.43. The van der Waals surface area contributed by atoms with Crippen LogP contribution in [-0.4, -0.2) is 28.7 Å². The average molecular weight is 294 g/mol. The second-order valence-corrected chi connectivity index (χ2v) is 7.10. The molecule has 5 nitrogen and oxygen atoms in total. The lowest BCUT2D eigenvalue weighted by atomic mass is 9.90. The predicted octanol–water partition coefficient (Wildman–Crippen LogP) is 2.65. The molecule has 3 rings (SSSR count). The number of urea groups is 1. The molecular weight excluding hydrogens is 268 g/mol. The van der Waals surface area contributed by atoms with Crippen LogP contribution in [0.25, 0.3) is 0 Å². The Balaban J connectivity index is 1.61. The minimum absolute atomic E-state index is 0.265. The van der Waals surface area contributed by atoms with E-state index in [1.54, 1.807) is 0 Å². The van der Waals surface area contributed by atoms with Crippen molar-refractivity contribution in [3.8, 4) is 0 Å². The summed E-state index contributed by atoms with van der Waals surface area (Å²) < 4.78 is 0. The van der Waals surface area contributed by atoms with Gasteiger partial charge in [-0.1, -0.05) is 25.7 Å². The van der Waals surface area contributed by atoms with Crippen LogP contribution in [0.5, 0.6) is 0 Å². The van der Waals surface area contributed by atoms with Crippen molar-refractivity contribution in [2.24, 2.45) is 11.8 Å². The molecule has 3 aliphatic rings. The van der Waals surface area contributed by atoms with Crippen LogP contribution in [0.3, 0.4) is 0 Å². The monoisotopic (exact) mass is 294 g/mol. The molecule has 3 N–H and O–H groups in total. The standard InChI is InChI=1S/C16H26N2O3/c19-14(20)16(9-3-1-2-4-10-16)18-15(21)17-13(11-5-6-11)12-7-8-12/h11-13H,1-10H2,(H,19,20)(H2,17,18,21). The van der Waals surface area contributed by atoms with Gasteiger partial charge in [0.15, 0.2) is 0 Å². The highest BCUT2D eigenvalue weighted by Gasteiger charge is 2.44. The van der Waals surface area contributed by atoms with Crippen molar-refractivity contribution in [3.63, 3.8) is 0 Å². The third kappa shape index (κ3) is 3.50. The SMILES string of the molecule is O=C(NC(C1CC1)C1CC1)NC1(C(=O)O)CCCCCC1. The summed E-state index contributed by atoms with van der Waals surface area (Å²) in [5.41, 5.74) is -1.06. The Morgan fingerprint density at radius 2 is 1.48 bits per heavy atom. The number of amides is 2. The Kier molecular flexibility index (Phi) is 4.09. The summed E-state index contributed by atoms with van der Waals surface area (Å²) in [7, 11) is 0. The second-order valence-electron chi connectivity index (χ2n) is 7.10. The van der Waals surface area contributed by atoms with Crippen LogP contribution in [0.2, 0.25) is 0 Å². The molecule has 3 aliphatic carbocycles. The van der Waals surface area contributed by atoms with Crippen LogP contribution in [-0.2, 0) is 4.79 Å². The Hall–Kier alpha value is -1.26. The van der Waals surface area contributed by atoms with E-state index in [4.69, 9.17) is 0 Å². The molecule has 0 saturated heterocycles. The normalized spacial score (nSPS) is 25.2. The Bertz CT molecular complexity index is 396. The number of hydrogen-bond donors (Lipinski definition) is 3. The first-order valence-corrected chi connectivity index (χ1v) is 8.43. The van der Waals surface area contributed by atoms with Gasteiger partial charge in [0.2, 0.25) is 0 Å². The van der Waals surface area contributed by atoms with Crippen molar-refractivity contribution >= 4 is 12.0 Å². The van der Waals surface area contributed by atoms with Crippen LogP contribution < -0.4 is 10.6 Å². The fraction of sp³-hybridized carbons (Fsp3) is 0.875. The number of nitrogens with one attached hydrogen (secondary N) is 2. The molecule has 0 heterocycles. The topological polar surface area (TPSA) is 78.4 Å². The minimum atomic E-state index is -1.06. The zero-order valence-corrected chi connectivity index (χ0v) is 12.6. The molecule has 5 heteroatoms. The Morgan fingerprint density at radius 1 is 0.952 bits per heavy atom. The van der Waals surface area contributed by atoms with Gasteiger partial charge in [0.1, 0.15) is 5.54 Å². The number of carbonyl (C=O) groups is 2. The van der Waals surface area contributed by atoms with Gasteiger partial charge in [0.25, 0.3) is 0 Å². The predicted molar refractivity (Wildman–Crippen MR) is 79.0 cm³/mol. The summed E-state index contributed by atoms with van der Waals surface area (Å²) in [6.07, 6.45) is 9.77. The maximum Gasteiger partial charge on any atom is 0.329 e. The molecule has 0 radical (unpaired) electrons. The molecule has 0 unspecified atom stereocenters. The summed E-state index contributed by atoms with van der Waals surface area (Å²) in [4.78, 5) is 24.0. The van der Waals surface area contributed by atoms with Gasteiger partial charge in [-0.15, -0.1) is 0 Å². The average Bonchev–Trinajstić information content (AvgIpc) is 3.31. The molecule has 3 saturated carbocycles. The fourth-order valence-electron chi connectivity index (χ4n) is 3.66. The number of carboxylic acids is 1. The quantitative estimate of drug-likeness (QED) is 0.682. The van der Waals surface area contributed by atoms with Gasteiger partial charge in [0.05, 0.1) is 0 Å². The first kappa shape index (κ1) is 14.7. The summed E-state index contributed by atoms with van der Waals surface area (Å²) in [6.45, 7) is 0. The fourth-order valence-corrected chi connectivity index (χ4v) is 3.66. The molecule has 0 aromatic rings. The summed E-state index contributed by atoms with van der Waals surface area (Å²) in [6, 6.07) is -0.00952. The molecule has 0 atom stereocenters. The molecule has 0 aromatic carbocycles. The van der Waals surface area contributed by atoms with E-state index >= 15 is 0 Å². The number of carbonyl (C=O) groups excluding carboxylic acids is 1. The van der Waals surface area contributed by atoms with E-state index in [-0.39, 0.29) is 12.1 Å². The third-order valence-corrected chi connectivity index (χ3v) is 5.28. The van der Waals surface area contributed by atoms with Crippen LogP contribution in [0, 0.1) is 11.8 Å². The smallest absolute Gasteiger partial charge is 0.329 e. The largest absolute Gasteiger partial charge is 0.480 e. The Morgan fingerprint density at radius 3 is 1.90 bits per heavy atom. The van der Waals surface area contributed by atoms with Gasteiger partial charge in [-0.3, -0.25) is 0 Å². The van der Waals surface area contributed by atoms with Gasteiger partial charge in [-0.05, 0) is 50.4 Å². The molecule has 21 heavy (non-hydrogen) atoms. The zero-order chi connectivity index (χ0) is 14.9. The molecular formula is C16H26N2O3. The van der Waals surface area contributed by atoms with Crippen molar-refractivity contribution in [2.75, 3.05) is 0 Å². The van der Waals surface area contributed by atoms with Crippen LogP contribution in [0.1, 0.15) is 64.2 Å². The van der Waals surface area contributed by atoms with E-state index in [9.17, 15) is 14.7 Å². The highest BCUT2D eigenvalue weighted by atomic mass is 16.4. The maximum absolute atomic E-state index is 12.3. The minimum Gasteiger partial charge on any atom is -0.480 e. The molecule has 0 aromatic heterocycles. The number of hydrogen-bond acceptors (Lipinski definition) is 2. The van der Waals surface area contributed by atoms with E-state index < -0.39 is 11.5 Å². The lowest BCUT2D eigenvalue weighted by molar-refractivity contribution is -0.145. The number of rotatable bonds is 5. The Labute approximate surface area is 125 Å². The van der Waals surface area contributed by atoms with E-state index in [0.29, 0.717) is 24.7 Å². The zero-order valence-electron chi connectivity index (χ0n) is 12.6. The van der Waals surface area contributed by atoms with Crippen molar-refractivity contribution < 1.29 is 14.7 Å². The highest BCUT2D eigenvalue weighted by Crippen LogP contribution is 2.44. The van der Waals surface area contributed by atoms with Crippen molar-refractivity contribution in [1.82, 2.24) is 10.6 Å². The van der Waals surface area contributed by atoms with Gasteiger partial charge in [0, 0.05) is 6.04 Å². The summed E-state index contributed by atoms with van der Waals surface area (Å²) in [5.74, 6) is 0.366. The van der Waals surface area contributed by atoms with E-state index in [0.717, 1.165) is 25.7 Å². The van der Waals surface area contributed by atoms with Crippen LogP contribution in [0.4, 0.5) is 4.79 Å². The third-order valence-electron chi connectivity index (χ3n) is 5.28. The van der Waals surface area contributed by atoms with E-state index in [1.807, 2.05) is 0 Å². The molecule has 3 fully saturated rings. The first-order chi connectivity index (χ1) is 10.1. The van der Waals surface area contributed by atoms with Gasteiger partial charge in [-0.25, -0.2) is 9.59 Å². The van der Waals surface area contributed by atoms with Crippen molar-refractivity contribution in [1.29, 1.82) is 0 Å². The maximum atomic E-state index is 12.3. The molecule has 0 bridgehead atoms. The molecule has 0 aliphatic heterocycles. The summed E-state index contributed by atoms with van der Waals surface area (Å²) in [5, 5.41) is 15.5. The van der Waals surface area contributed by atoms with Gasteiger partial charge < -0.3 is 15.7 Å². The van der Waals surface area contributed by atoms with E-state index in [1.165, 1.54) is 25.7 Å². The van der Waals surface area contributed by atoms with Crippen molar-refractivity contribution in [2.45, 2.75) is 75.8 Å².